The van der Waals surface area contributed by atoms with Crippen molar-refractivity contribution in [3.05, 3.63) is 77.9 Å². The molecule has 0 bridgehead atoms. The Bertz CT molecular complexity index is 1320. The molecular formula is C28H29N3O3. The topological polar surface area (TPSA) is 83.2 Å². The number of aromatic nitrogens is 1. The highest BCUT2D eigenvalue weighted by Gasteiger charge is 2.15. The summed E-state index contributed by atoms with van der Waals surface area (Å²) in [6.45, 7) is 3.74. The molecule has 0 saturated heterocycles. The van der Waals surface area contributed by atoms with E-state index in [4.69, 9.17) is 4.74 Å². The lowest BCUT2D eigenvalue weighted by atomic mass is 10.0. The zero-order chi connectivity index (χ0) is 24.1. The molecule has 0 aliphatic rings. The van der Waals surface area contributed by atoms with Crippen molar-refractivity contribution in [2.24, 2.45) is 0 Å². The van der Waals surface area contributed by atoms with E-state index in [0.29, 0.717) is 30.6 Å². The molecule has 0 unspecified atom stereocenters. The number of anilines is 2. The Morgan fingerprint density at radius 3 is 2.44 bits per heavy atom. The van der Waals surface area contributed by atoms with Crippen LogP contribution in [0.4, 0.5) is 11.4 Å². The van der Waals surface area contributed by atoms with E-state index < -0.39 is 0 Å². The van der Waals surface area contributed by atoms with E-state index in [9.17, 15) is 9.59 Å². The van der Waals surface area contributed by atoms with Gasteiger partial charge >= 0.3 is 0 Å². The number of para-hydroxylation sites is 1. The number of ether oxygens (including phenoxy) is 1. The van der Waals surface area contributed by atoms with Crippen LogP contribution in [0, 0.1) is 6.92 Å². The lowest BCUT2D eigenvalue weighted by Gasteiger charge is -2.12. The van der Waals surface area contributed by atoms with Crippen molar-refractivity contribution in [2.75, 3.05) is 17.7 Å². The second-order valence-corrected chi connectivity index (χ2v) is 8.23. The van der Waals surface area contributed by atoms with Crippen molar-refractivity contribution < 1.29 is 14.3 Å². The van der Waals surface area contributed by atoms with Gasteiger partial charge in [-0.1, -0.05) is 31.2 Å². The number of amides is 2. The quantitative estimate of drug-likeness (QED) is 0.301. The fourth-order valence-corrected chi connectivity index (χ4v) is 4.00. The van der Waals surface area contributed by atoms with Crippen molar-refractivity contribution in [1.29, 1.82) is 0 Å². The van der Waals surface area contributed by atoms with Gasteiger partial charge in [-0.05, 0) is 72.5 Å². The largest absolute Gasteiger partial charge is 0.497 e. The molecule has 0 spiro atoms. The minimum absolute atomic E-state index is 0.0634. The predicted octanol–water partition coefficient (Wildman–Crippen LogP) is 6.07. The summed E-state index contributed by atoms with van der Waals surface area (Å²) in [5.41, 5.74) is 6.52. The summed E-state index contributed by atoms with van der Waals surface area (Å²) in [6.07, 6.45) is 1.31. The molecule has 4 rings (SSSR count). The summed E-state index contributed by atoms with van der Waals surface area (Å²) in [6, 6.07) is 21.6. The van der Waals surface area contributed by atoms with Gasteiger partial charge in [-0.25, -0.2) is 0 Å². The fourth-order valence-electron chi connectivity index (χ4n) is 4.00. The molecule has 0 aliphatic carbocycles. The lowest BCUT2D eigenvalue weighted by molar-refractivity contribution is -0.116. The van der Waals surface area contributed by atoms with Gasteiger partial charge in [0.2, 0.25) is 11.8 Å². The Kier molecular flexibility index (Phi) is 6.97. The molecule has 0 saturated carbocycles. The van der Waals surface area contributed by atoms with Gasteiger partial charge in [-0.2, -0.15) is 0 Å². The molecule has 174 valence electrons. The van der Waals surface area contributed by atoms with Crippen LogP contribution in [0.1, 0.15) is 30.9 Å². The molecule has 2 amide bonds. The number of carbonyl (C=O) groups excluding carboxylic acids is 2. The molecule has 1 heterocycles. The van der Waals surface area contributed by atoms with E-state index in [0.717, 1.165) is 39.0 Å². The summed E-state index contributed by atoms with van der Waals surface area (Å²) in [4.78, 5) is 28.1. The van der Waals surface area contributed by atoms with Crippen LogP contribution in [0.25, 0.3) is 22.2 Å². The van der Waals surface area contributed by atoms with Gasteiger partial charge in [0.05, 0.1) is 7.11 Å². The van der Waals surface area contributed by atoms with Gasteiger partial charge in [-0.3, -0.25) is 9.59 Å². The Hall–Kier alpha value is -4.06. The van der Waals surface area contributed by atoms with Gasteiger partial charge in [-0.15, -0.1) is 0 Å². The van der Waals surface area contributed by atoms with E-state index in [2.05, 4.69) is 21.7 Å². The monoisotopic (exact) mass is 455 g/mol. The first-order valence-corrected chi connectivity index (χ1v) is 11.4. The van der Waals surface area contributed by atoms with Crippen LogP contribution in [0.2, 0.25) is 0 Å². The molecule has 0 radical (unpaired) electrons. The third-order valence-corrected chi connectivity index (χ3v) is 5.91. The highest BCUT2D eigenvalue weighted by Crippen LogP contribution is 2.32. The van der Waals surface area contributed by atoms with Crippen LogP contribution >= 0.6 is 0 Å². The maximum atomic E-state index is 12.9. The number of hydrogen-bond donors (Lipinski definition) is 3. The summed E-state index contributed by atoms with van der Waals surface area (Å²) in [7, 11) is 1.65. The Balaban J connectivity index is 1.54. The van der Waals surface area contributed by atoms with Gasteiger partial charge in [0.1, 0.15) is 5.75 Å². The second kappa shape index (κ2) is 10.3. The number of aryl methyl sites for hydroxylation is 2. The molecule has 3 N–H and O–H groups in total. The maximum Gasteiger partial charge on any atom is 0.224 e. The highest BCUT2D eigenvalue weighted by atomic mass is 16.5. The molecule has 6 heteroatoms. The lowest BCUT2D eigenvalue weighted by Crippen LogP contribution is -2.14. The first kappa shape index (κ1) is 23.1. The predicted molar refractivity (Wildman–Crippen MR) is 137 cm³/mol. The van der Waals surface area contributed by atoms with E-state index in [-0.39, 0.29) is 11.8 Å². The highest BCUT2D eigenvalue weighted by molar-refractivity contribution is 5.96. The molecule has 0 aliphatic heterocycles. The van der Waals surface area contributed by atoms with Gasteiger partial charge in [0, 0.05) is 40.8 Å². The molecule has 4 aromatic rings. The van der Waals surface area contributed by atoms with E-state index in [1.54, 1.807) is 20.1 Å². The van der Waals surface area contributed by atoms with Crippen LogP contribution in [0.15, 0.2) is 66.7 Å². The Morgan fingerprint density at radius 2 is 1.71 bits per heavy atom. The normalized spacial score (nSPS) is 10.8. The summed E-state index contributed by atoms with van der Waals surface area (Å²) < 4.78 is 5.29. The number of rotatable bonds is 8. The number of fused-ring (bicyclic) bond motifs is 1. The zero-order valence-corrected chi connectivity index (χ0v) is 19.7. The molecule has 3 aromatic carbocycles. The van der Waals surface area contributed by atoms with Crippen LogP contribution in [-0.4, -0.2) is 23.9 Å². The number of hydrogen-bond acceptors (Lipinski definition) is 3. The number of benzene rings is 3. The molecule has 6 nitrogen and oxygen atoms in total. The van der Waals surface area contributed by atoms with E-state index >= 15 is 0 Å². The fraction of sp³-hybridized carbons (Fsp3) is 0.214. The summed E-state index contributed by atoms with van der Waals surface area (Å²) in [5.74, 6) is 0.660. The maximum absolute atomic E-state index is 12.9. The summed E-state index contributed by atoms with van der Waals surface area (Å²) in [5, 5.41) is 6.96. The molecule has 0 atom stereocenters. The van der Waals surface area contributed by atoms with Crippen LogP contribution < -0.4 is 15.4 Å². The van der Waals surface area contributed by atoms with Crippen LogP contribution in [-0.2, 0) is 16.0 Å². The van der Waals surface area contributed by atoms with E-state index in [1.165, 1.54) is 0 Å². The van der Waals surface area contributed by atoms with Crippen molar-refractivity contribution in [3.8, 4) is 17.0 Å². The number of H-pyrrole nitrogens is 1. The number of carbonyl (C=O) groups is 2. The van der Waals surface area contributed by atoms with E-state index in [1.807, 2.05) is 61.5 Å². The third kappa shape index (κ3) is 5.12. The first-order valence-electron chi connectivity index (χ1n) is 11.4. The van der Waals surface area contributed by atoms with Gasteiger partial charge in [0.25, 0.3) is 0 Å². The number of aromatic amines is 1. The smallest absolute Gasteiger partial charge is 0.224 e. The van der Waals surface area contributed by atoms with Gasteiger partial charge in [0.15, 0.2) is 0 Å². The van der Waals surface area contributed by atoms with Crippen LogP contribution in [0.5, 0.6) is 5.75 Å². The Morgan fingerprint density at radius 1 is 0.941 bits per heavy atom. The van der Waals surface area contributed by atoms with Gasteiger partial charge < -0.3 is 20.4 Å². The molecule has 0 fully saturated rings. The number of methoxy groups -OCH3 is 1. The second-order valence-electron chi connectivity index (χ2n) is 8.23. The zero-order valence-electron chi connectivity index (χ0n) is 19.7. The minimum Gasteiger partial charge on any atom is -0.497 e. The van der Waals surface area contributed by atoms with Crippen molar-refractivity contribution in [2.45, 2.75) is 33.1 Å². The average molecular weight is 456 g/mol. The minimum atomic E-state index is -0.0759. The average Bonchev–Trinajstić information content (AvgIpc) is 3.23. The molecule has 34 heavy (non-hydrogen) atoms. The number of nitrogens with one attached hydrogen (secondary N) is 3. The van der Waals surface area contributed by atoms with Crippen molar-refractivity contribution in [1.82, 2.24) is 4.98 Å². The molecular weight excluding hydrogens is 426 g/mol. The first-order chi connectivity index (χ1) is 16.5. The molecule has 1 aromatic heterocycles. The van der Waals surface area contributed by atoms with Crippen molar-refractivity contribution >= 4 is 34.1 Å². The van der Waals surface area contributed by atoms with Crippen LogP contribution in [0.3, 0.4) is 0 Å². The van der Waals surface area contributed by atoms with Crippen molar-refractivity contribution in [3.63, 3.8) is 0 Å². The third-order valence-electron chi connectivity index (χ3n) is 5.91. The standard InChI is InChI=1S/C28H29N3O3/c1-4-26(32)29-20-12-9-18(2)25(17-20)30-27(33)16-15-23-22-7-5-6-8-24(22)31-28(23)19-10-13-21(34-3)14-11-19/h5-14,17,31H,4,15-16H2,1-3H3,(H,29,32)(H,30,33). The SMILES string of the molecule is CCC(=O)Nc1ccc(C)c(NC(=O)CCc2c(-c3ccc(OC)cc3)[nH]c3ccccc23)c1. The summed E-state index contributed by atoms with van der Waals surface area (Å²) >= 11 is 0. The Labute approximate surface area is 199 Å².